The predicted molar refractivity (Wildman–Crippen MR) is 106 cm³/mol. The highest BCUT2D eigenvalue weighted by Gasteiger charge is 2.28. The van der Waals surface area contributed by atoms with Crippen molar-refractivity contribution < 1.29 is 14.3 Å². The van der Waals surface area contributed by atoms with Crippen LogP contribution in [0.3, 0.4) is 0 Å². The molecule has 1 amide bonds. The molecule has 2 heterocycles. The Bertz CT molecular complexity index is 850. The van der Waals surface area contributed by atoms with E-state index in [1.165, 1.54) is 0 Å². The summed E-state index contributed by atoms with van der Waals surface area (Å²) < 4.78 is 11.2. The quantitative estimate of drug-likeness (QED) is 0.787. The molecule has 4 rings (SSSR count). The number of ether oxygens (including phenoxy) is 2. The molecule has 2 saturated heterocycles. The lowest BCUT2D eigenvalue weighted by Gasteiger charge is -2.28. The molecule has 0 atom stereocenters. The minimum absolute atomic E-state index is 0.0592. The average Bonchev–Trinajstić information content (AvgIpc) is 3.18. The van der Waals surface area contributed by atoms with Gasteiger partial charge in [0.2, 0.25) is 0 Å². The third kappa shape index (κ3) is 4.02. The Labute approximate surface area is 159 Å². The number of hydrogen-bond donors (Lipinski definition) is 0. The van der Waals surface area contributed by atoms with Crippen molar-refractivity contribution in [1.82, 2.24) is 4.90 Å². The van der Waals surface area contributed by atoms with E-state index in [2.05, 4.69) is 18.2 Å². The molecule has 0 radical (unpaired) electrons. The van der Waals surface area contributed by atoms with Gasteiger partial charge in [0.05, 0.1) is 32.0 Å². The zero-order valence-electron chi connectivity index (χ0n) is 15.3. The molecule has 138 valence electrons. The topological polar surface area (TPSA) is 38.8 Å². The summed E-state index contributed by atoms with van der Waals surface area (Å²) in [6, 6.07) is 20.1. The highest BCUT2D eigenvalue weighted by Crippen LogP contribution is 2.31. The lowest BCUT2D eigenvalue weighted by Crippen LogP contribution is -2.41. The van der Waals surface area contributed by atoms with E-state index in [-0.39, 0.29) is 5.91 Å². The second-order valence-electron chi connectivity index (χ2n) is 6.70. The summed E-state index contributed by atoms with van der Waals surface area (Å²) in [6.45, 7) is 3.41. The fourth-order valence-electron chi connectivity index (χ4n) is 3.51. The number of rotatable bonds is 3. The molecule has 27 heavy (non-hydrogen) atoms. The summed E-state index contributed by atoms with van der Waals surface area (Å²) in [7, 11) is 0. The van der Waals surface area contributed by atoms with E-state index >= 15 is 0 Å². The number of hydrogen-bond acceptors (Lipinski definition) is 3. The summed E-state index contributed by atoms with van der Waals surface area (Å²) in [5, 5.41) is 0. The van der Waals surface area contributed by atoms with Gasteiger partial charge in [-0.05, 0) is 28.3 Å². The van der Waals surface area contributed by atoms with Crippen LogP contribution in [0, 0.1) is 0 Å². The Morgan fingerprint density at radius 3 is 2.22 bits per heavy atom. The number of nitrogens with zero attached hydrogens (tertiary/aromatic N) is 1. The molecule has 2 aromatic rings. The Morgan fingerprint density at radius 2 is 1.52 bits per heavy atom. The summed E-state index contributed by atoms with van der Waals surface area (Å²) in [6.07, 6.45) is 2.12. The smallest absolute Gasteiger partial charge is 0.255 e. The van der Waals surface area contributed by atoms with Gasteiger partial charge in [-0.1, -0.05) is 60.7 Å². The highest BCUT2D eigenvalue weighted by atomic mass is 16.5. The van der Waals surface area contributed by atoms with E-state index < -0.39 is 0 Å². The van der Waals surface area contributed by atoms with Crippen molar-refractivity contribution in [1.29, 1.82) is 0 Å². The fourth-order valence-corrected chi connectivity index (χ4v) is 3.51. The van der Waals surface area contributed by atoms with Gasteiger partial charge in [-0.3, -0.25) is 4.79 Å². The first-order chi connectivity index (χ1) is 13.3. The van der Waals surface area contributed by atoms with Gasteiger partial charge in [-0.25, -0.2) is 0 Å². The number of carbonyl (C=O) groups is 1. The molecule has 0 saturated carbocycles. The Morgan fingerprint density at radius 1 is 0.852 bits per heavy atom. The van der Waals surface area contributed by atoms with Gasteiger partial charge in [0.1, 0.15) is 0 Å². The second-order valence-corrected chi connectivity index (χ2v) is 6.70. The molecule has 2 aliphatic rings. The highest BCUT2D eigenvalue weighted by molar-refractivity contribution is 6.21. The van der Waals surface area contributed by atoms with Crippen LogP contribution < -0.4 is 0 Å². The molecule has 2 fully saturated rings. The van der Waals surface area contributed by atoms with Crippen molar-refractivity contribution in [2.45, 2.75) is 0 Å². The van der Waals surface area contributed by atoms with Crippen LogP contribution in [0.1, 0.15) is 11.1 Å². The van der Waals surface area contributed by atoms with Crippen molar-refractivity contribution in [3.8, 4) is 0 Å². The lowest BCUT2D eigenvalue weighted by atomic mass is 9.94. The van der Waals surface area contributed by atoms with Crippen LogP contribution in [0.5, 0.6) is 0 Å². The van der Waals surface area contributed by atoms with E-state index in [4.69, 9.17) is 9.47 Å². The minimum atomic E-state index is 0.0592. The van der Waals surface area contributed by atoms with Gasteiger partial charge < -0.3 is 14.4 Å². The SMILES string of the molecule is O=C(/C(=C1/COC/C1=C\c1ccccc1)c1ccccc1)N1CCOCC1. The van der Waals surface area contributed by atoms with Gasteiger partial charge >= 0.3 is 0 Å². The molecule has 0 unspecified atom stereocenters. The lowest BCUT2D eigenvalue weighted by molar-refractivity contribution is -0.129. The maximum absolute atomic E-state index is 13.4. The van der Waals surface area contributed by atoms with Gasteiger partial charge in [-0.2, -0.15) is 0 Å². The van der Waals surface area contributed by atoms with Crippen molar-refractivity contribution in [3.05, 3.63) is 82.9 Å². The average molecular weight is 361 g/mol. The monoisotopic (exact) mass is 361 g/mol. The number of benzene rings is 2. The standard InChI is InChI=1S/C23H23NO3/c25-23(24-11-13-26-14-12-24)22(19-9-5-2-6-10-19)21-17-27-16-20(21)15-18-7-3-1-4-8-18/h1-10,15H,11-14,16-17H2/b20-15+,22-21-. The molecule has 0 spiro atoms. The van der Waals surface area contributed by atoms with Gasteiger partial charge in [0, 0.05) is 13.1 Å². The molecule has 4 heteroatoms. The van der Waals surface area contributed by atoms with Crippen molar-refractivity contribution in [2.75, 3.05) is 39.5 Å². The number of carbonyl (C=O) groups excluding carboxylic acids is 1. The summed E-state index contributed by atoms with van der Waals surface area (Å²) in [4.78, 5) is 15.3. The molecule has 0 bridgehead atoms. The Kier molecular flexibility index (Phi) is 5.47. The molecule has 0 N–H and O–H groups in total. The number of amides is 1. The van der Waals surface area contributed by atoms with E-state index in [1.807, 2.05) is 53.4 Å². The van der Waals surface area contributed by atoms with Gasteiger partial charge in [0.25, 0.3) is 5.91 Å². The van der Waals surface area contributed by atoms with E-state index in [1.54, 1.807) is 0 Å². The Hall–Kier alpha value is -2.69. The van der Waals surface area contributed by atoms with Crippen LogP contribution in [0.2, 0.25) is 0 Å². The molecule has 2 aliphatic heterocycles. The van der Waals surface area contributed by atoms with E-state index in [0.29, 0.717) is 39.5 Å². The van der Waals surface area contributed by atoms with Crippen molar-refractivity contribution in [3.63, 3.8) is 0 Å². The van der Waals surface area contributed by atoms with Crippen LogP contribution >= 0.6 is 0 Å². The third-order valence-corrected chi connectivity index (χ3v) is 4.91. The second kappa shape index (κ2) is 8.33. The molecular formula is C23H23NO3. The molecule has 2 aromatic carbocycles. The first-order valence-corrected chi connectivity index (χ1v) is 9.32. The van der Waals surface area contributed by atoms with Crippen molar-refractivity contribution >= 4 is 17.6 Å². The van der Waals surface area contributed by atoms with Gasteiger partial charge in [0.15, 0.2) is 0 Å². The molecule has 0 aliphatic carbocycles. The van der Waals surface area contributed by atoms with Crippen LogP contribution in [0.4, 0.5) is 0 Å². The summed E-state index contributed by atoms with van der Waals surface area (Å²) in [5.41, 5.74) is 4.86. The normalized spacial score (nSPS) is 20.7. The largest absolute Gasteiger partial charge is 0.378 e. The molecular weight excluding hydrogens is 338 g/mol. The summed E-state index contributed by atoms with van der Waals surface area (Å²) in [5.74, 6) is 0.0592. The van der Waals surface area contributed by atoms with Gasteiger partial charge in [-0.15, -0.1) is 0 Å². The van der Waals surface area contributed by atoms with Crippen molar-refractivity contribution in [2.24, 2.45) is 0 Å². The zero-order chi connectivity index (χ0) is 18.5. The first-order valence-electron chi connectivity index (χ1n) is 9.32. The fraction of sp³-hybridized carbons (Fsp3) is 0.261. The Balaban J connectivity index is 1.78. The maximum Gasteiger partial charge on any atom is 0.255 e. The maximum atomic E-state index is 13.4. The summed E-state index contributed by atoms with van der Waals surface area (Å²) >= 11 is 0. The van der Waals surface area contributed by atoms with Crippen LogP contribution in [-0.4, -0.2) is 50.3 Å². The third-order valence-electron chi connectivity index (χ3n) is 4.91. The molecule has 4 nitrogen and oxygen atoms in total. The predicted octanol–water partition coefficient (Wildman–Crippen LogP) is 3.41. The molecule has 0 aromatic heterocycles. The van der Waals surface area contributed by atoms with Crippen LogP contribution in [0.15, 0.2) is 71.8 Å². The zero-order valence-corrected chi connectivity index (χ0v) is 15.3. The van der Waals surface area contributed by atoms with E-state index in [0.717, 1.165) is 27.8 Å². The first kappa shape index (κ1) is 17.7. The van der Waals surface area contributed by atoms with Crippen LogP contribution in [-0.2, 0) is 14.3 Å². The van der Waals surface area contributed by atoms with Crippen LogP contribution in [0.25, 0.3) is 11.6 Å². The minimum Gasteiger partial charge on any atom is -0.378 e. The van der Waals surface area contributed by atoms with E-state index in [9.17, 15) is 4.79 Å². The number of morpholine rings is 1.